The number of hydrogen-bond acceptors (Lipinski definition) is 1. The summed E-state index contributed by atoms with van der Waals surface area (Å²) < 4.78 is 4.92. The maximum Gasteiger partial charge on any atom is 1.00 e. The van der Waals surface area contributed by atoms with E-state index in [4.69, 9.17) is 4.74 Å². The molecule has 0 aliphatic carbocycles. The molecule has 0 saturated carbocycles. The molecule has 1 heterocycles. The maximum absolute atomic E-state index is 4.92. The predicted molar refractivity (Wildman–Crippen MR) is 22.2 cm³/mol. The van der Waals surface area contributed by atoms with Gasteiger partial charge in [-0.1, -0.05) is 0 Å². The number of hydrogen-bond donors (Lipinski definition) is 0. The van der Waals surface area contributed by atoms with E-state index >= 15 is 0 Å². The molecule has 0 amide bonds. The molecule has 1 aliphatic heterocycles. The Morgan fingerprint density at radius 1 is 1.14 bits per heavy atom. The van der Waals surface area contributed by atoms with Crippen molar-refractivity contribution in [2.75, 3.05) is 0 Å². The molecule has 7 heavy (non-hydrogen) atoms. The predicted octanol–water partition coefficient (Wildman–Crippen LogP) is -4.97. The van der Waals surface area contributed by atoms with Crippen LogP contribution in [0.15, 0.2) is 0 Å². The Hall–Kier alpha value is 1.96. The summed E-state index contributed by atoms with van der Waals surface area (Å²) in [5.41, 5.74) is 0. The quantitative estimate of drug-likeness (QED) is 0.230. The van der Waals surface area contributed by atoms with Crippen LogP contribution in [0.1, 0.15) is 16.7 Å². The van der Waals surface area contributed by atoms with E-state index < -0.39 is 0 Å². The Bertz CT molecular complexity index is 49.8. The summed E-state index contributed by atoms with van der Waals surface area (Å²) in [6, 6.07) is 0. The monoisotopic (exact) mass is 120 g/mol. The van der Waals surface area contributed by atoms with E-state index in [0.717, 1.165) is 0 Å². The third-order valence-electron chi connectivity index (χ3n) is 1.01. The normalized spacial score (nSPS) is 35.1. The molecule has 1 nitrogen and oxygen atoms in total. The summed E-state index contributed by atoms with van der Waals surface area (Å²) in [5, 5.41) is 0. The second kappa shape index (κ2) is 4.80. The fraction of sp³-hybridized carbons (Fsp3) is 1.00. The standard InChI is InChI=1S/C4H8O.2Na.2H/c1-3-4(2)5-3;;;;/h3-4H,1-2H3;;;;/q;2*+1;2*-1. The van der Waals surface area contributed by atoms with Gasteiger partial charge in [0.25, 0.3) is 0 Å². The molecule has 2 atom stereocenters. The molecule has 34 valence electrons. The van der Waals surface area contributed by atoms with E-state index in [1.807, 2.05) is 0 Å². The molecular weight excluding hydrogens is 110 g/mol. The first-order chi connectivity index (χ1) is 2.30. The van der Waals surface area contributed by atoms with Crippen molar-refractivity contribution in [3.63, 3.8) is 0 Å². The van der Waals surface area contributed by atoms with Gasteiger partial charge in [0.05, 0.1) is 12.2 Å². The van der Waals surface area contributed by atoms with Gasteiger partial charge in [-0.3, -0.25) is 0 Å². The second-order valence-corrected chi connectivity index (χ2v) is 1.55. The zero-order chi connectivity index (χ0) is 3.86. The molecular formula is C4H10Na2O. The molecule has 1 fully saturated rings. The Labute approximate surface area is 91.7 Å². The van der Waals surface area contributed by atoms with Crippen molar-refractivity contribution in [1.82, 2.24) is 0 Å². The topological polar surface area (TPSA) is 12.5 Å². The van der Waals surface area contributed by atoms with Crippen LogP contribution in [0.25, 0.3) is 0 Å². The fourth-order valence-corrected chi connectivity index (χ4v) is 0.293. The molecule has 0 bridgehead atoms. The van der Waals surface area contributed by atoms with Crippen LogP contribution >= 0.6 is 0 Å². The Morgan fingerprint density at radius 2 is 1.29 bits per heavy atom. The second-order valence-electron chi connectivity index (χ2n) is 1.55. The molecule has 0 aromatic rings. The first-order valence-electron chi connectivity index (χ1n) is 1.96. The zero-order valence-electron chi connectivity index (χ0n) is 7.56. The number of epoxide rings is 1. The van der Waals surface area contributed by atoms with Crippen LogP contribution in [0.3, 0.4) is 0 Å². The first kappa shape index (κ1) is 11.7. The number of rotatable bonds is 0. The summed E-state index contributed by atoms with van der Waals surface area (Å²) in [6.07, 6.45) is 1.10. The Balaban J connectivity index is -0.0000000312. The van der Waals surface area contributed by atoms with E-state index in [1.165, 1.54) is 0 Å². The van der Waals surface area contributed by atoms with E-state index in [1.54, 1.807) is 0 Å². The molecule has 0 N–H and O–H groups in total. The van der Waals surface area contributed by atoms with Crippen LogP contribution in [0.4, 0.5) is 0 Å². The molecule has 0 radical (unpaired) electrons. The van der Waals surface area contributed by atoms with E-state index in [-0.39, 0.29) is 62.0 Å². The van der Waals surface area contributed by atoms with Gasteiger partial charge in [0.2, 0.25) is 0 Å². The van der Waals surface area contributed by atoms with Crippen molar-refractivity contribution in [3.05, 3.63) is 0 Å². The third kappa shape index (κ3) is 4.46. The van der Waals surface area contributed by atoms with E-state index in [2.05, 4.69) is 13.8 Å². The third-order valence-corrected chi connectivity index (χ3v) is 1.01. The van der Waals surface area contributed by atoms with Gasteiger partial charge in [-0.2, -0.15) is 0 Å². The summed E-state index contributed by atoms with van der Waals surface area (Å²) in [5.74, 6) is 0. The van der Waals surface area contributed by atoms with Crippen molar-refractivity contribution in [1.29, 1.82) is 0 Å². The molecule has 0 spiro atoms. The molecule has 1 saturated heterocycles. The van der Waals surface area contributed by atoms with Crippen LogP contribution in [0.2, 0.25) is 0 Å². The van der Waals surface area contributed by atoms with Gasteiger partial charge < -0.3 is 7.59 Å². The molecule has 2 unspecified atom stereocenters. The minimum atomic E-state index is 0. The van der Waals surface area contributed by atoms with Gasteiger partial charge >= 0.3 is 59.1 Å². The fourth-order valence-electron chi connectivity index (χ4n) is 0.293. The van der Waals surface area contributed by atoms with Gasteiger partial charge in [0.15, 0.2) is 0 Å². The molecule has 1 aliphatic rings. The number of ether oxygens (including phenoxy) is 1. The molecule has 1 rings (SSSR count). The zero-order valence-corrected chi connectivity index (χ0v) is 9.56. The van der Waals surface area contributed by atoms with Crippen molar-refractivity contribution in [2.45, 2.75) is 26.1 Å². The minimum absolute atomic E-state index is 0. The largest absolute Gasteiger partial charge is 1.00 e. The summed E-state index contributed by atoms with van der Waals surface area (Å²) in [6.45, 7) is 4.15. The summed E-state index contributed by atoms with van der Waals surface area (Å²) in [4.78, 5) is 0. The Morgan fingerprint density at radius 3 is 1.29 bits per heavy atom. The van der Waals surface area contributed by atoms with E-state index in [0.29, 0.717) is 12.2 Å². The van der Waals surface area contributed by atoms with Crippen molar-refractivity contribution >= 4 is 0 Å². The van der Waals surface area contributed by atoms with E-state index in [9.17, 15) is 0 Å². The van der Waals surface area contributed by atoms with Gasteiger partial charge in [0.1, 0.15) is 0 Å². The average Bonchev–Trinajstić information content (AvgIpc) is 1.79. The average molecular weight is 120 g/mol. The SMILES string of the molecule is CC1OC1C.[H-].[H-].[Na+].[Na+]. The van der Waals surface area contributed by atoms with Gasteiger partial charge in [-0.25, -0.2) is 0 Å². The smallest absolute Gasteiger partial charge is 1.00 e. The van der Waals surface area contributed by atoms with Crippen LogP contribution in [0.5, 0.6) is 0 Å². The van der Waals surface area contributed by atoms with Crippen LogP contribution in [0, 0.1) is 0 Å². The van der Waals surface area contributed by atoms with Gasteiger partial charge in [-0.05, 0) is 13.8 Å². The van der Waals surface area contributed by atoms with Crippen molar-refractivity contribution in [3.8, 4) is 0 Å². The Kier molecular flexibility index (Phi) is 8.04. The molecule has 0 aromatic carbocycles. The van der Waals surface area contributed by atoms with Gasteiger partial charge in [0, 0.05) is 0 Å². The summed E-state index contributed by atoms with van der Waals surface area (Å²) >= 11 is 0. The maximum atomic E-state index is 4.92. The molecule has 3 heteroatoms. The van der Waals surface area contributed by atoms with Crippen LogP contribution in [-0.2, 0) is 4.74 Å². The summed E-state index contributed by atoms with van der Waals surface area (Å²) in [7, 11) is 0. The first-order valence-corrected chi connectivity index (χ1v) is 1.96. The molecule has 0 aromatic heterocycles. The van der Waals surface area contributed by atoms with Crippen molar-refractivity contribution in [2.24, 2.45) is 0 Å². The van der Waals surface area contributed by atoms with Crippen LogP contribution < -0.4 is 59.1 Å². The van der Waals surface area contributed by atoms with Crippen LogP contribution in [-0.4, -0.2) is 12.2 Å². The minimum Gasteiger partial charge on any atom is -1.00 e. The van der Waals surface area contributed by atoms with Gasteiger partial charge in [-0.15, -0.1) is 0 Å². The van der Waals surface area contributed by atoms with Crippen molar-refractivity contribution < 1.29 is 66.7 Å².